The first-order valence-electron chi connectivity index (χ1n) is 8.50. The quantitative estimate of drug-likeness (QED) is 0.727. The summed E-state index contributed by atoms with van der Waals surface area (Å²) in [7, 11) is 0. The van der Waals surface area contributed by atoms with Gasteiger partial charge < -0.3 is 10.6 Å². The zero-order valence-corrected chi connectivity index (χ0v) is 15.4. The van der Waals surface area contributed by atoms with E-state index in [1.54, 1.807) is 0 Å². The number of halogens is 2. The first kappa shape index (κ1) is 18.4. The van der Waals surface area contributed by atoms with Gasteiger partial charge in [0.05, 0.1) is 5.02 Å². The smallest absolute Gasteiger partial charge is 0.240 e. The molecule has 2 aromatic carbocycles. The Hall–Kier alpha value is -2.40. The van der Waals surface area contributed by atoms with E-state index in [0.717, 1.165) is 0 Å². The molecular formula is C20H20ClFN2O2. The van der Waals surface area contributed by atoms with E-state index in [0.29, 0.717) is 30.1 Å². The second-order valence-electron chi connectivity index (χ2n) is 6.90. The van der Waals surface area contributed by atoms with Crippen molar-refractivity contribution in [1.29, 1.82) is 0 Å². The van der Waals surface area contributed by atoms with E-state index in [1.165, 1.54) is 23.8 Å². The third kappa shape index (κ3) is 3.73. The van der Waals surface area contributed by atoms with Crippen molar-refractivity contribution in [1.82, 2.24) is 0 Å². The molecule has 6 heteroatoms. The molecule has 0 atom stereocenters. The summed E-state index contributed by atoms with van der Waals surface area (Å²) in [6.45, 7) is 4.19. The molecule has 3 rings (SSSR count). The van der Waals surface area contributed by atoms with Crippen LogP contribution >= 0.6 is 11.6 Å². The number of hydrogen-bond acceptors (Lipinski definition) is 2. The van der Waals surface area contributed by atoms with Crippen LogP contribution in [0.3, 0.4) is 0 Å². The SMILES string of the molecule is CC(C)c1ccc(NC(=O)C2(C(=O)Nc3ccc(F)c(Cl)c3)CC2)cc1. The third-order valence-electron chi connectivity index (χ3n) is 4.63. The molecule has 1 aliphatic carbocycles. The first-order chi connectivity index (χ1) is 12.3. The average molecular weight is 375 g/mol. The Labute approximate surface area is 156 Å². The van der Waals surface area contributed by atoms with E-state index in [9.17, 15) is 14.0 Å². The lowest BCUT2D eigenvalue weighted by Gasteiger charge is -2.16. The Morgan fingerprint density at radius 3 is 2.04 bits per heavy atom. The molecule has 0 aromatic heterocycles. The fraction of sp³-hybridized carbons (Fsp3) is 0.300. The maximum Gasteiger partial charge on any atom is 0.240 e. The molecule has 0 unspecified atom stereocenters. The van der Waals surface area contributed by atoms with E-state index in [1.807, 2.05) is 24.3 Å². The summed E-state index contributed by atoms with van der Waals surface area (Å²) >= 11 is 5.73. The lowest BCUT2D eigenvalue weighted by Crippen LogP contribution is -2.35. The molecule has 4 nitrogen and oxygen atoms in total. The minimum Gasteiger partial charge on any atom is -0.325 e. The molecule has 0 spiro atoms. The number of nitrogens with one attached hydrogen (secondary N) is 2. The maximum atomic E-state index is 13.2. The topological polar surface area (TPSA) is 58.2 Å². The van der Waals surface area contributed by atoms with Gasteiger partial charge in [0, 0.05) is 11.4 Å². The van der Waals surface area contributed by atoms with Crippen molar-refractivity contribution in [2.75, 3.05) is 10.6 Å². The lowest BCUT2D eigenvalue weighted by atomic mass is 10.0. The van der Waals surface area contributed by atoms with E-state index < -0.39 is 17.1 Å². The molecule has 1 aliphatic rings. The van der Waals surface area contributed by atoms with Crippen molar-refractivity contribution < 1.29 is 14.0 Å². The summed E-state index contributed by atoms with van der Waals surface area (Å²) in [6, 6.07) is 11.5. The molecule has 26 heavy (non-hydrogen) atoms. The fourth-order valence-electron chi connectivity index (χ4n) is 2.71. The maximum absolute atomic E-state index is 13.2. The van der Waals surface area contributed by atoms with Gasteiger partial charge in [-0.1, -0.05) is 37.6 Å². The van der Waals surface area contributed by atoms with Crippen molar-refractivity contribution in [3.63, 3.8) is 0 Å². The molecule has 0 saturated heterocycles. The predicted octanol–water partition coefficient (Wildman–Crippen LogP) is 4.96. The van der Waals surface area contributed by atoms with Crippen LogP contribution < -0.4 is 10.6 Å². The summed E-state index contributed by atoms with van der Waals surface area (Å²) in [4.78, 5) is 25.2. The van der Waals surface area contributed by atoms with Crippen LogP contribution in [0.1, 0.15) is 38.2 Å². The van der Waals surface area contributed by atoms with Crippen molar-refractivity contribution >= 4 is 34.8 Å². The van der Waals surface area contributed by atoms with Gasteiger partial charge in [-0.3, -0.25) is 9.59 Å². The van der Waals surface area contributed by atoms with Crippen LogP contribution in [-0.4, -0.2) is 11.8 Å². The van der Waals surface area contributed by atoms with Gasteiger partial charge in [-0.25, -0.2) is 4.39 Å². The zero-order valence-electron chi connectivity index (χ0n) is 14.6. The summed E-state index contributed by atoms with van der Waals surface area (Å²) in [6.07, 6.45) is 0.952. The van der Waals surface area contributed by atoms with Gasteiger partial charge in [0.25, 0.3) is 0 Å². The summed E-state index contributed by atoms with van der Waals surface area (Å²) in [5.74, 6) is -0.895. The van der Waals surface area contributed by atoms with Crippen LogP contribution in [0.5, 0.6) is 0 Å². The van der Waals surface area contributed by atoms with Gasteiger partial charge in [-0.2, -0.15) is 0 Å². The highest BCUT2D eigenvalue weighted by molar-refractivity contribution is 6.31. The highest BCUT2D eigenvalue weighted by atomic mass is 35.5. The molecule has 1 fully saturated rings. The van der Waals surface area contributed by atoms with Gasteiger partial charge in [0.2, 0.25) is 11.8 Å². The Morgan fingerprint density at radius 2 is 1.54 bits per heavy atom. The molecule has 2 N–H and O–H groups in total. The van der Waals surface area contributed by atoms with Crippen molar-refractivity contribution in [3.05, 3.63) is 58.9 Å². The summed E-state index contributed by atoms with van der Waals surface area (Å²) in [5.41, 5.74) is 1.11. The molecule has 1 saturated carbocycles. The van der Waals surface area contributed by atoms with Crippen molar-refractivity contribution in [2.24, 2.45) is 5.41 Å². The molecule has 0 aliphatic heterocycles. The normalized spacial score (nSPS) is 14.8. The van der Waals surface area contributed by atoms with Crippen LogP contribution in [0, 0.1) is 11.2 Å². The van der Waals surface area contributed by atoms with E-state index >= 15 is 0 Å². The molecule has 136 valence electrons. The Morgan fingerprint density at radius 1 is 1.00 bits per heavy atom. The Bertz CT molecular complexity index is 845. The summed E-state index contributed by atoms with van der Waals surface area (Å²) < 4.78 is 13.2. The Kier molecular flexibility index (Phi) is 5.01. The lowest BCUT2D eigenvalue weighted by molar-refractivity contribution is -0.131. The summed E-state index contributed by atoms with van der Waals surface area (Å²) in [5, 5.41) is 5.38. The predicted molar refractivity (Wildman–Crippen MR) is 101 cm³/mol. The van der Waals surface area contributed by atoms with Gasteiger partial charge >= 0.3 is 0 Å². The van der Waals surface area contributed by atoms with E-state index in [4.69, 9.17) is 11.6 Å². The third-order valence-corrected chi connectivity index (χ3v) is 4.92. The highest BCUT2D eigenvalue weighted by Crippen LogP contribution is 2.47. The van der Waals surface area contributed by atoms with E-state index in [2.05, 4.69) is 24.5 Å². The molecule has 2 amide bonds. The second-order valence-corrected chi connectivity index (χ2v) is 7.30. The van der Waals surface area contributed by atoms with Crippen molar-refractivity contribution in [3.8, 4) is 0 Å². The highest BCUT2D eigenvalue weighted by Gasteiger charge is 2.56. The number of hydrogen-bond donors (Lipinski definition) is 2. The second kappa shape index (κ2) is 7.08. The zero-order chi connectivity index (χ0) is 18.9. The fourth-order valence-corrected chi connectivity index (χ4v) is 2.89. The standard InChI is InChI=1S/C20H20ClFN2O2/c1-12(2)13-3-5-14(6-4-13)23-18(25)20(9-10-20)19(26)24-15-7-8-17(22)16(21)11-15/h3-8,11-12H,9-10H2,1-2H3,(H,23,25)(H,24,26). The molecular weight excluding hydrogens is 355 g/mol. The van der Waals surface area contributed by atoms with Crippen LogP contribution in [0.4, 0.5) is 15.8 Å². The average Bonchev–Trinajstić information content (AvgIpc) is 3.40. The van der Waals surface area contributed by atoms with Gasteiger partial charge in [-0.05, 0) is 54.7 Å². The monoisotopic (exact) mass is 374 g/mol. The molecule has 0 bridgehead atoms. The van der Waals surface area contributed by atoms with Crippen molar-refractivity contribution in [2.45, 2.75) is 32.6 Å². The number of amides is 2. The molecule has 0 radical (unpaired) electrons. The largest absolute Gasteiger partial charge is 0.325 e. The van der Waals surface area contributed by atoms with Crippen LogP contribution in [0.15, 0.2) is 42.5 Å². The molecule has 2 aromatic rings. The first-order valence-corrected chi connectivity index (χ1v) is 8.87. The number of benzene rings is 2. The minimum atomic E-state index is -1.09. The number of carbonyl (C=O) groups is 2. The van der Waals surface area contributed by atoms with E-state index in [-0.39, 0.29) is 10.9 Å². The van der Waals surface area contributed by atoms with Gasteiger partial charge in [-0.15, -0.1) is 0 Å². The van der Waals surface area contributed by atoms with Crippen LogP contribution in [-0.2, 0) is 9.59 Å². The van der Waals surface area contributed by atoms with Gasteiger partial charge in [0.1, 0.15) is 11.2 Å². The van der Waals surface area contributed by atoms with Crippen LogP contribution in [0.2, 0.25) is 5.02 Å². The number of carbonyl (C=O) groups excluding carboxylic acids is 2. The van der Waals surface area contributed by atoms with Gasteiger partial charge in [0.15, 0.2) is 0 Å². The Balaban J connectivity index is 1.68. The number of anilines is 2. The molecule has 0 heterocycles. The number of rotatable bonds is 5. The minimum absolute atomic E-state index is 0.0812. The van der Waals surface area contributed by atoms with Crippen LogP contribution in [0.25, 0.3) is 0 Å².